The molecule has 0 aromatic carbocycles. The average Bonchev–Trinajstić information content (AvgIpc) is 2.31. The number of aromatic nitrogens is 4. The number of halogens is 1. The van der Waals surface area contributed by atoms with E-state index in [1.54, 1.807) is 0 Å². The average molecular weight is 278 g/mol. The van der Waals surface area contributed by atoms with Crippen LogP contribution in [0.3, 0.4) is 0 Å². The maximum Gasteiger partial charge on any atom is 0.327 e. The van der Waals surface area contributed by atoms with E-state index in [-0.39, 0.29) is 5.65 Å². The van der Waals surface area contributed by atoms with Gasteiger partial charge in [0, 0.05) is 0 Å². The second-order valence-electron chi connectivity index (χ2n) is 2.17. The van der Waals surface area contributed by atoms with Gasteiger partial charge in [-0.15, -0.1) is 0 Å². The van der Waals surface area contributed by atoms with Gasteiger partial charge in [-0.3, -0.25) is 19.9 Å². The van der Waals surface area contributed by atoms with E-state index in [0.717, 1.165) is 0 Å². The SMILES string of the molecule is O=c1[nH]c(=O)c2c(I)[nH]nc2[nH]1. The maximum atomic E-state index is 11.1. The maximum absolute atomic E-state index is 11.1. The van der Waals surface area contributed by atoms with Gasteiger partial charge in [-0.1, -0.05) is 0 Å². The Kier molecular flexibility index (Phi) is 1.53. The Morgan fingerprint density at radius 1 is 1.25 bits per heavy atom. The minimum absolute atomic E-state index is 0.285. The van der Waals surface area contributed by atoms with Crippen LogP contribution in [0.25, 0.3) is 11.0 Å². The van der Waals surface area contributed by atoms with E-state index in [0.29, 0.717) is 9.09 Å². The van der Waals surface area contributed by atoms with E-state index in [9.17, 15) is 9.59 Å². The first kappa shape index (κ1) is 7.53. The van der Waals surface area contributed by atoms with Crippen LogP contribution in [0.2, 0.25) is 0 Å². The number of nitrogens with zero attached hydrogens (tertiary/aromatic N) is 1. The standard InChI is InChI=1S/C5H3IN4O2/c6-2-1-3(10-9-2)7-5(12)8-4(1)11/h(H3,7,8,9,10,11,12). The quantitative estimate of drug-likeness (QED) is 0.569. The summed E-state index contributed by atoms with van der Waals surface area (Å²) in [5, 5.41) is 6.71. The first-order chi connectivity index (χ1) is 5.68. The van der Waals surface area contributed by atoms with Gasteiger partial charge in [-0.05, 0) is 22.6 Å². The van der Waals surface area contributed by atoms with Crippen LogP contribution in [-0.4, -0.2) is 20.2 Å². The monoisotopic (exact) mass is 278 g/mol. The third-order valence-electron chi connectivity index (χ3n) is 1.41. The molecule has 2 rings (SSSR count). The van der Waals surface area contributed by atoms with Gasteiger partial charge in [0.15, 0.2) is 5.65 Å². The van der Waals surface area contributed by atoms with Crippen LogP contribution in [0.5, 0.6) is 0 Å². The second-order valence-corrected chi connectivity index (χ2v) is 3.25. The molecule has 0 aliphatic heterocycles. The molecule has 0 spiro atoms. The zero-order chi connectivity index (χ0) is 8.72. The summed E-state index contributed by atoms with van der Waals surface area (Å²) in [6, 6.07) is 0. The van der Waals surface area contributed by atoms with Gasteiger partial charge in [0.25, 0.3) is 5.56 Å². The Hall–Kier alpha value is -1.12. The van der Waals surface area contributed by atoms with Crippen molar-refractivity contribution in [3.05, 3.63) is 24.5 Å². The van der Waals surface area contributed by atoms with Gasteiger partial charge in [-0.25, -0.2) is 4.79 Å². The van der Waals surface area contributed by atoms with Crippen LogP contribution in [0.1, 0.15) is 0 Å². The van der Waals surface area contributed by atoms with Gasteiger partial charge in [0.2, 0.25) is 0 Å². The topological polar surface area (TPSA) is 94.4 Å². The fourth-order valence-electron chi connectivity index (χ4n) is 0.923. The van der Waals surface area contributed by atoms with Crippen molar-refractivity contribution in [3.8, 4) is 0 Å². The van der Waals surface area contributed by atoms with Crippen molar-refractivity contribution in [1.82, 2.24) is 20.2 Å². The Morgan fingerprint density at radius 3 is 2.75 bits per heavy atom. The fraction of sp³-hybridized carbons (Fsp3) is 0. The molecule has 6 nitrogen and oxygen atoms in total. The predicted molar refractivity (Wildman–Crippen MR) is 50.1 cm³/mol. The third-order valence-corrected chi connectivity index (χ3v) is 2.19. The molecule has 2 aromatic heterocycles. The number of H-pyrrole nitrogens is 3. The number of fused-ring (bicyclic) bond motifs is 1. The third kappa shape index (κ3) is 0.967. The molecule has 0 amide bonds. The molecular weight excluding hydrogens is 275 g/mol. The number of aromatic amines is 3. The highest BCUT2D eigenvalue weighted by atomic mass is 127. The lowest BCUT2D eigenvalue weighted by atomic mass is 10.4. The molecule has 12 heavy (non-hydrogen) atoms. The summed E-state index contributed by atoms with van der Waals surface area (Å²) in [5.41, 5.74) is -0.685. The molecule has 0 unspecified atom stereocenters. The van der Waals surface area contributed by atoms with Crippen LogP contribution in [0, 0.1) is 3.70 Å². The van der Waals surface area contributed by atoms with Crippen molar-refractivity contribution in [2.75, 3.05) is 0 Å². The highest BCUT2D eigenvalue weighted by molar-refractivity contribution is 14.1. The smallest absolute Gasteiger partial charge is 0.290 e. The van der Waals surface area contributed by atoms with E-state index >= 15 is 0 Å². The summed E-state index contributed by atoms with van der Waals surface area (Å²) in [6.07, 6.45) is 0. The molecule has 0 saturated carbocycles. The predicted octanol–water partition coefficient (Wildman–Crippen LogP) is -0.456. The summed E-state index contributed by atoms with van der Waals surface area (Å²) in [7, 11) is 0. The minimum Gasteiger partial charge on any atom is -0.290 e. The van der Waals surface area contributed by atoms with Crippen molar-refractivity contribution >= 4 is 33.6 Å². The number of hydrogen-bond acceptors (Lipinski definition) is 3. The molecular formula is C5H3IN4O2. The van der Waals surface area contributed by atoms with Crippen molar-refractivity contribution in [2.45, 2.75) is 0 Å². The minimum atomic E-state index is -0.546. The molecule has 7 heteroatoms. The van der Waals surface area contributed by atoms with Crippen LogP contribution < -0.4 is 11.2 Å². The first-order valence-electron chi connectivity index (χ1n) is 3.04. The van der Waals surface area contributed by atoms with Crippen molar-refractivity contribution in [2.24, 2.45) is 0 Å². The number of rotatable bonds is 0. The molecule has 3 N–H and O–H groups in total. The Bertz CT molecular complexity index is 536. The van der Waals surface area contributed by atoms with Crippen molar-refractivity contribution < 1.29 is 0 Å². The van der Waals surface area contributed by atoms with E-state index < -0.39 is 11.2 Å². The molecule has 0 radical (unpaired) electrons. The van der Waals surface area contributed by atoms with Gasteiger partial charge in [-0.2, -0.15) is 5.10 Å². The van der Waals surface area contributed by atoms with Gasteiger partial charge >= 0.3 is 5.69 Å². The number of nitrogens with one attached hydrogen (secondary N) is 3. The van der Waals surface area contributed by atoms with Crippen LogP contribution >= 0.6 is 22.6 Å². The molecule has 2 aromatic rings. The van der Waals surface area contributed by atoms with Gasteiger partial charge in [0.05, 0.1) is 0 Å². The lowest BCUT2D eigenvalue weighted by molar-refractivity contribution is 1.04. The molecule has 0 bridgehead atoms. The molecule has 0 atom stereocenters. The van der Waals surface area contributed by atoms with E-state index in [1.807, 2.05) is 22.6 Å². The van der Waals surface area contributed by atoms with Gasteiger partial charge in [0.1, 0.15) is 9.09 Å². The molecule has 0 saturated heterocycles. The molecule has 0 aliphatic carbocycles. The van der Waals surface area contributed by atoms with Crippen LogP contribution in [-0.2, 0) is 0 Å². The summed E-state index contributed by atoms with van der Waals surface area (Å²) in [5.74, 6) is 0. The van der Waals surface area contributed by atoms with E-state index in [1.165, 1.54) is 0 Å². The normalized spacial score (nSPS) is 10.8. The molecule has 2 heterocycles. The van der Waals surface area contributed by atoms with E-state index in [4.69, 9.17) is 0 Å². The van der Waals surface area contributed by atoms with Crippen LogP contribution in [0.4, 0.5) is 0 Å². The van der Waals surface area contributed by atoms with E-state index in [2.05, 4.69) is 20.2 Å². The lowest BCUT2D eigenvalue weighted by Gasteiger charge is -1.84. The Balaban J connectivity index is 3.13. The highest BCUT2D eigenvalue weighted by Crippen LogP contribution is 2.08. The summed E-state index contributed by atoms with van der Waals surface area (Å²) < 4.78 is 0.611. The van der Waals surface area contributed by atoms with Crippen LogP contribution in [0.15, 0.2) is 9.59 Å². The summed E-state index contributed by atoms with van der Waals surface area (Å²) in [6.45, 7) is 0. The summed E-state index contributed by atoms with van der Waals surface area (Å²) >= 11 is 1.93. The highest BCUT2D eigenvalue weighted by Gasteiger charge is 2.06. The summed E-state index contributed by atoms with van der Waals surface area (Å²) in [4.78, 5) is 26.4. The first-order valence-corrected chi connectivity index (χ1v) is 4.12. The number of hydrogen-bond donors (Lipinski definition) is 3. The Morgan fingerprint density at radius 2 is 2.00 bits per heavy atom. The largest absolute Gasteiger partial charge is 0.327 e. The zero-order valence-electron chi connectivity index (χ0n) is 5.64. The zero-order valence-corrected chi connectivity index (χ0v) is 7.80. The van der Waals surface area contributed by atoms with Crippen molar-refractivity contribution in [1.29, 1.82) is 0 Å². The van der Waals surface area contributed by atoms with Crippen molar-refractivity contribution in [3.63, 3.8) is 0 Å². The molecule has 0 fully saturated rings. The fourth-order valence-corrected chi connectivity index (χ4v) is 1.54. The lowest BCUT2D eigenvalue weighted by Crippen LogP contribution is -2.21. The molecule has 62 valence electrons. The Labute approximate surface area is 78.5 Å². The second kappa shape index (κ2) is 2.44. The molecule has 0 aliphatic rings. The van der Waals surface area contributed by atoms with Gasteiger partial charge < -0.3 is 0 Å².